The molecule has 0 spiro atoms. The molecule has 2 aromatic rings. The van der Waals surface area contributed by atoms with Gasteiger partial charge in [-0.2, -0.15) is 0 Å². The summed E-state index contributed by atoms with van der Waals surface area (Å²) in [4.78, 5) is 5.57. The van der Waals surface area contributed by atoms with Crippen LogP contribution < -0.4 is 5.32 Å². The summed E-state index contributed by atoms with van der Waals surface area (Å²) in [5, 5.41) is 5.39. The second-order valence-corrected chi connectivity index (χ2v) is 5.78. The van der Waals surface area contributed by atoms with Gasteiger partial charge in [0.25, 0.3) is 0 Å². The second-order valence-electron chi connectivity index (χ2n) is 4.25. The minimum atomic E-state index is 0.725. The molecule has 0 amide bonds. The summed E-state index contributed by atoms with van der Waals surface area (Å²) in [7, 11) is 0. The summed E-state index contributed by atoms with van der Waals surface area (Å²) in [5.74, 6) is 0. The Labute approximate surface area is 110 Å². The Balaban J connectivity index is 1.77. The SMILES string of the molecule is Clc1ccccc1-c1cnc(CNC2CC2)s1. The molecule has 0 bridgehead atoms. The zero-order valence-corrected chi connectivity index (χ0v) is 10.9. The van der Waals surface area contributed by atoms with Gasteiger partial charge in [-0.15, -0.1) is 11.3 Å². The molecule has 1 aromatic heterocycles. The van der Waals surface area contributed by atoms with E-state index in [1.807, 2.05) is 30.5 Å². The van der Waals surface area contributed by atoms with E-state index in [9.17, 15) is 0 Å². The van der Waals surface area contributed by atoms with Crippen LogP contribution in [0.15, 0.2) is 30.5 Å². The Bertz CT molecular complexity index is 520. The number of thiazole rings is 1. The fraction of sp³-hybridized carbons (Fsp3) is 0.308. The summed E-state index contributed by atoms with van der Waals surface area (Å²) in [6, 6.07) is 8.63. The quantitative estimate of drug-likeness (QED) is 0.911. The lowest BCUT2D eigenvalue weighted by molar-refractivity contribution is 0.684. The van der Waals surface area contributed by atoms with Crippen LogP contribution in [0.25, 0.3) is 10.4 Å². The molecule has 1 N–H and O–H groups in total. The van der Waals surface area contributed by atoms with E-state index in [1.165, 1.54) is 12.8 Å². The number of nitrogens with zero attached hydrogens (tertiary/aromatic N) is 1. The topological polar surface area (TPSA) is 24.9 Å². The first-order valence-electron chi connectivity index (χ1n) is 5.76. The third-order valence-corrected chi connectivity index (χ3v) is 4.17. The number of nitrogens with one attached hydrogen (secondary N) is 1. The fourth-order valence-corrected chi connectivity index (χ4v) is 2.90. The third-order valence-electron chi connectivity index (χ3n) is 2.81. The van der Waals surface area contributed by atoms with Crippen molar-refractivity contribution in [3.8, 4) is 10.4 Å². The molecule has 0 unspecified atom stereocenters. The largest absolute Gasteiger partial charge is 0.308 e. The van der Waals surface area contributed by atoms with Gasteiger partial charge in [-0.3, -0.25) is 0 Å². The van der Waals surface area contributed by atoms with Crippen LogP contribution in [0.4, 0.5) is 0 Å². The maximum atomic E-state index is 6.17. The van der Waals surface area contributed by atoms with Gasteiger partial charge in [0.2, 0.25) is 0 Å². The molecular weight excluding hydrogens is 252 g/mol. The fourth-order valence-electron chi connectivity index (χ4n) is 1.70. The van der Waals surface area contributed by atoms with E-state index in [2.05, 4.69) is 10.3 Å². The molecule has 1 aliphatic carbocycles. The van der Waals surface area contributed by atoms with Gasteiger partial charge >= 0.3 is 0 Å². The monoisotopic (exact) mass is 264 g/mol. The average molecular weight is 265 g/mol. The molecule has 0 aliphatic heterocycles. The molecule has 1 aliphatic rings. The van der Waals surface area contributed by atoms with Crippen LogP contribution >= 0.6 is 22.9 Å². The van der Waals surface area contributed by atoms with Gasteiger partial charge in [0.05, 0.1) is 4.88 Å². The van der Waals surface area contributed by atoms with E-state index in [4.69, 9.17) is 11.6 Å². The standard InChI is InChI=1S/C13H13ClN2S/c14-11-4-2-1-3-10(11)12-7-16-13(17-12)8-15-9-5-6-9/h1-4,7,9,15H,5-6,8H2. The minimum Gasteiger partial charge on any atom is -0.308 e. The zero-order valence-electron chi connectivity index (χ0n) is 9.32. The average Bonchev–Trinajstić information content (AvgIpc) is 3.06. The molecule has 4 heteroatoms. The van der Waals surface area contributed by atoms with Gasteiger partial charge in [-0.1, -0.05) is 29.8 Å². The summed E-state index contributed by atoms with van der Waals surface area (Å²) in [6.07, 6.45) is 4.53. The maximum Gasteiger partial charge on any atom is 0.107 e. The summed E-state index contributed by atoms with van der Waals surface area (Å²) in [5.41, 5.74) is 1.07. The molecule has 0 radical (unpaired) electrons. The van der Waals surface area contributed by atoms with Crippen molar-refractivity contribution < 1.29 is 0 Å². The molecular formula is C13H13ClN2S. The number of benzene rings is 1. The predicted octanol–water partition coefficient (Wildman–Crippen LogP) is 3.72. The second kappa shape index (κ2) is 4.77. The lowest BCUT2D eigenvalue weighted by Gasteiger charge is -1.99. The zero-order chi connectivity index (χ0) is 11.7. The summed E-state index contributed by atoms with van der Waals surface area (Å²) < 4.78 is 0. The predicted molar refractivity (Wildman–Crippen MR) is 72.4 cm³/mol. The van der Waals surface area contributed by atoms with Gasteiger partial charge in [-0.05, 0) is 18.9 Å². The number of hydrogen-bond acceptors (Lipinski definition) is 3. The highest BCUT2D eigenvalue weighted by Gasteiger charge is 2.20. The first kappa shape index (κ1) is 11.2. The van der Waals surface area contributed by atoms with Crippen molar-refractivity contribution in [3.05, 3.63) is 40.5 Å². The number of rotatable bonds is 4. The Morgan fingerprint density at radius 3 is 2.94 bits per heavy atom. The molecule has 17 heavy (non-hydrogen) atoms. The molecule has 0 atom stereocenters. The number of halogens is 1. The van der Waals surface area contributed by atoms with E-state index >= 15 is 0 Å². The Morgan fingerprint density at radius 1 is 1.35 bits per heavy atom. The van der Waals surface area contributed by atoms with Crippen LogP contribution in [-0.2, 0) is 6.54 Å². The normalized spacial score (nSPS) is 15.1. The van der Waals surface area contributed by atoms with E-state index in [0.29, 0.717) is 0 Å². The van der Waals surface area contributed by atoms with E-state index in [0.717, 1.165) is 33.1 Å². The molecule has 88 valence electrons. The van der Waals surface area contributed by atoms with E-state index in [-0.39, 0.29) is 0 Å². The van der Waals surface area contributed by atoms with Crippen molar-refractivity contribution in [2.75, 3.05) is 0 Å². The maximum absolute atomic E-state index is 6.17. The van der Waals surface area contributed by atoms with Gasteiger partial charge in [0.15, 0.2) is 0 Å². The van der Waals surface area contributed by atoms with Crippen molar-refractivity contribution in [1.29, 1.82) is 0 Å². The molecule has 1 heterocycles. The van der Waals surface area contributed by atoms with Gasteiger partial charge in [0.1, 0.15) is 5.01 Å². The number of hydrogen-bond donors (Lipinski definition) is 1. The highest BCUT2D eigenvalue weighted by atomic mass is 35.5. The van der Waals surface area contributed by atoms with Crippen LogP contribution in [-0.4, -0.2) is 11.0 Å². The van der Waals surface area contributed by atoms with Crippen molar-refractivity contribution >= 4 is 22.9 Å². The number of aromatic nitrogens is 1. The lowest BCUT2D eigenvalue weighted by Crippen LogP contribution is -2.14. The molecule has 1 aromatic carbocycles. The van der Waals surface area contributed by atoms with E-state index in [1.54, 1.807) is 11.3 Å². The van der Waals surface area contributed by atoms with Crippen LogP contribution in [0.5, 0.6) is 0 Å². The third kappa shape index (κ3) is 2.68. The highest BCUT2D eigenvalue weighted by Crippen LogP contribution is 2.32. The van der Waals surface area contributed by atoms with Crippen LogP contribution in [0.2, 0.25) is 5.02 Å². The van der Waals surface area contributed by atoms with Gasteiger partial charge in [-0.25, -0.2) is 4.98 Å². The van der Waals surface area contributed by atoms with Crippen LogP contribution in [0, 0.1) is 0 Å². The Morgan fingerprint density at radius 2 is 2.18 bits per heavy atom. The summed E-state index contributed by atoms with van der Waals surface area (Å²) >= 11 is 7.88. The first-order valence-corrected chi connectivity index (χ1v) is 6.95. The van der Waals surface area contributed by atoms with Crippen molar-refractivity contribution in [3.63, 3.8) is 0 Å². The minimum absolute atomic E-state index is 0.725. The van der Waals surface area contributed by atoms with E-state index < -0.39 is 0 Å². The Kier molecular flexibility index (Phi) is 3.14. The van der Waals surface area contributed by atoms with Gasteiger partial charge < -0.3 is 5.32 Å². The van der Waals surface area contributed by atoms with Crippen molar-refractivity contribution in [1.82, 2.24) is 10.3 Å². The van der Waals surface area contributed by atoms with Gasteiger partial charge in [0, 0.05) is 29.4 Å². The highest BCUT2D eigenvalue weighted by molar-refractivity contribution is 7.15. The smallest absolute Gasteiger partial charge is 0.107 e. The van der Waals surface area contributed by atoms with Crippen molar-refractivity contribution in [2.24, 2.45) is 0 Å². The van der Waals surface area contributed by atoms with Crippen molar-refractivity contribution in [2.45, 2.75) is 25.4 Å². The van der Waals surface area contributed by atoms with Crippen LogP contribution in [0.1, 0.15) is 17.8 Å². The first-order chi connectivity index (χ1) is 8.33. The van der Waals surface area contributed by atoms with Crippen LogP contribution in [0.3, 0.4) is 0 Å². The lowest BCUT2D eigenvalue weighted by atomic mass is 10.2. The Hall–Kier alpha value is -0.900. The molecule has 2 nitrogen and oxygen atoms in total. The molecule has 0 saturated heterocycles. The molecule has 1 fully saturated rings. The molecule has 3 rings (SSSR count). The molecule has 1 saturated carbocycles. The summed E-state index contributed by atoms with van der Waals surface area (Å²) in [6.45, 7) is 0.875.